The number of rotatable bonds is 7. The molecule has 2 aromatic heterocycles. The number of anilines is 1. The quantitative estimate of drug-likeness (QED) is 0.245. The minimum atomic E-state index is -1.04. The Hall–Kier alpha value is -4.33. The highest BCUT2D eigenvalue weighted by Crippen LogP contribution is 2.37. The summed E-state index contributed by atoms with van der Waals surface area (Å²) >= 11 is 6.69. The Morgan fingerprint density at radius 3 is 2.66 bits per heavy atom. The van der Waals surface area contributed by atoms with Crippen molar-refractivity contribution in [3.8, 4) is 23.2 Å². The van der Waals surface area contributed by atoms with Crippen molar-refractivity contribution >= 4 is 45.1 Å². The number of piperazine rings is 1. The van der Waals surface area contributed by atoms with Gasteiger partial charge in [-0.3, -0.25) is 4.79 Å². The Kier molecular flexibility index (Phi) is 8.34. The maximum atomic E-state index is 13.8. The lowest BCUT2D eigenvalue weighted by atomic mass is 9.97. The molecule has 0 aliphatic carbocycles. The fraction of sp³-hybridized carbons (Fsp3) is 0.364. The molecule has 0 bridgehead atoms. The largest absolute Gasteiger partial charge is 0.462 e. The average molecular weight is 614 g/mol. The van der Waals surface area contributed by atoms with Gasteiger partial charge in [0.05, 0.1) is 24.0 Å². The van der Waals surface area contributed by atoms with Gasteiger partial charge >= 0.3 is 6.01 Å². The molecule has 4 aromatic rings. The fourth-order valence-electron chi connectivity index (χ4n) is 6.30. The molecule has 0 radical (unpaired) electrons. The molecule has 0 N–H and O–H groups in total. The molecule has 11 heteroatoms. The Balaban J connectivity index is 1.45. The van der Waals surface area contributed by atoms with Crippen LogP contribution in [0.15, 0.2) is 54.9 Å². The molecule has 2 aliphatic heterocycles. The van der Waals surface area contributed by atoms with Gasteiger partial charge in [-0.15, -0.1) is 0 Å². The molecular weight excluding hydrogens is 581 g/mol. The Morgan fingerprint density at radius 1 is 1.14 bits per heavy atom. The van der Waals surface area contributed by atoms with Gasteiger partial charge in [0, 0.05) is 47.3 Å². The molecule has 1 unspecified atom stereocenters. The lowest BCUT2D eigenvalue weighted by Gasteiger charge is -2.41. The van der Waals surface area contributed by atoms with E-state index in [1.165, 1.54) is 4.90 Å². The Bertz CT molecular complexity index is 1800. The van der Waals surface area contributed by atoms with E-state index in [1.807, 2.05) is 54.3 Å². The van der Waals surface area contributed by atoms with Gasteiger partial charge in [-0.25, -0.2) is 9.37 Å². The topological polar surface area (TPSA) is 98.5 Å². The normalized spacial score (nSPS) is 19.0. The summed E-state index contributed by atoms with van der Waals surface area (Å²) in [6, 6.07) is 16.0. The predicted octanol–water partition coefficient (Wildman–Crippen LogP) is 5.69. The van der Waals surface area contributed by atoms with Gasteiger partial charge in [0.1, 0.15) is 12.1 Å². The summed E-state index contributed by atoms with van der Waals surface area (Å²) in [6.45, 7) is 7.41. The number of fused-ring (bicyclic) bond motifs is 2. The van der Waals surface area contributed by atoms with Gasteiger partial charge < -0.3 is 19.4 Å². The standard InChI is InChI=1S/C33H33ClFN7O2/c1-20(35)32(43)42-16-15-41(18-23(42)12-13-36)31-30-28(38-33(39-31)44-19-24-9-6-14-40(24)3)17-26(21(2)37-30)25-10-4-7-22-8-5-11-27(34)29(22)25/h4-5,7-8,10-11,17,23-24H,1,6,9,12,14-16,18-19H2,2-3H3/t23-,24?/m0/s1. The van der Waals surface area contributed by atoms with Crippen molar-refractivity contribution in [1.82, 2.24) is 24.8 Å². The van der Waals surface area contributed by atoms with E-state index in [9.17, 15) is 14.4 Å². The van der Waals surface area contributed by atoms with E-state index < -0.39 is 17.8 Å². The Morgan fingerprint density at radius 2 is 1.93 bits per heavy atom. The first-order chi connectivity index (χ1) is 21.2. The Labute approximate surface area is 260 Å². The number of hydrogen-bond acceptors (Lipinski definition) is 8. The zero-order valence-electron chi connectivity index (χ0n) is 24.8. The number of ether oxygens (including phenoxy) is 1. The van der Waals surface area contributed by atoms with E-state index in [1.54, 1.807) is 0 Å². The number of hydrogen-bond donors (Lipinski definition) is 0. The summed E-state index contributed by atoms with van der Waals surface area (Å²) in [6.07, 6.45) is 2.19. The molecule has 226 valence electrons. The minimum Gasteiger partial charge on any atom is -0.462 e. The van der Waals surface area contributed by atoms with Crippen molar-refractivity contribution in [3.05, 3.63) is 65.6 Å². The third-order valence-corrected chi connectivity index (χ3v) is 8.96. The molecule has 0 spiro atoms. The number of likely N-dealkylation sites (tertiary alicyclic amines) is 1. The minimum absolute atomic E-state index is 0.0361. The maximum absolute atomic E-state index is 13.8. The number of benzene rings is 2. The zero-order valence-corrected chi connectivity index (χ0v) is 25.5. The van der Waals surface area contributed by atoms with Crippen LogP contribution >= 0.6 is 11.6 Å². The van der Waals surface area contributed by atoms with E-state index in [2.05, 4.69) is 24.6 Å². The number of nitriles is 1. The molecule has 2 atom stereocenters. The number of carbonyl (C=O) groups is 1. The predicted molar refractivity (Wildman–Crippen MR) is 169 cm³/mol. The molecule has 44 heavy (non-hydrogen) atoms. The van der Waals surface area contributed by atoms with E-state index in [4.69, 9.17) is 31.3 Å². The summed E-state index contributed by atoms with van der Waals surface area (Å²) in [4.78, 5) is 32.8. The van der Waals surface area contributed by atoms with Crippen LogP contribution in [-0.2, 0) is 4.79 Å². The first-order valence-corrected chi connectivity index (χ1v) is 15.1. The van der Waals surface area contributed by atoms with E-state index in [0.29, 0.717) is 35.0 Å². The van der Waals surface area contributed by atoms with Crippen LogP contribution in [0, 0.1) is 18.3 Å². The summed E-state index contributed by atoms with van der Waals surface area (Å²) < 4.78 is 20.0. The third kappa shape index (κ3) is 5.65. The summed E-state index contributed by atoms with van der Waals surface area (Å²) in [7, 11) is 2.09. The monoisotopic (exact) mass is 613 g/mol. The molecule has 2 saturated heterocycles. The molecule has 9 nitrogen and oxygen atoms in total. The molecule has 1 amide bonds. The van der Waals surface area contributed by atoms with Crippen molar-refractivity contribution in [2.24, 2.45) is 0 Å². The highest BCUT2D eigenvalue weighted by molar-refractivity contribution is 6.36. The summed E-state index contributed by atoms with van der Waals surface area (Å²) in [5.41, 5.74) is 3.78. The second kappa shape index (κ2) is 12.3. The van der Waals surface area contributed by atoms with Crippen molar-refractivity contribution in [3.63, 3.8) is 0 Å². The lowest BCUT2D eigenvalue weighted by molar-refractivity contribution is -0.131. The van der Waals surface area contributed by atoms with Crippen molar-refractivity contribution in [2.45, 2.75) is 38.3 Å². The van der Waals surface area contributed by atoms with Gasteiger partial charge in [-0.2, -0.15) is 15.2 Å². The van der Waals surface area contributed by atoms with Crippen LogP contribution in [0.4, 0.5) is 10.2 Å². The smallest absolute Gasteiger partial charge is 0.319 e. The van der Waals surface area contributed by atoms with Crippen molar-refractivity contribution in [1.29, 1.82) is 5.26 Å². The summed E-state index contributed by atoms with van der Waals surface area (Å²) in [5, 5.41) is 12.1. The lowest BCUT2D eigenvalue weighted by Crippen LogP contribution is -2.55. The zero-order chi connectivity index (χ0) is 31.0. The van der Waals surface area contributed by atoms with E-state index in [0.717, 1.165) is 47.0 Å². The number of aromatic nitrogens is 3. The van der Waals surface area contributed by atoms with Crippen LogP contribution in [0.25, 0.3) is 32.9 Å². The number of likely N-dealkylation sites (N-methyl/N-ethyl adjacent to an activating group) is 1. The molecular formula is C33H33ClFN7O2. The molecule has 2 aliphatic rings. The van der Waals surface area contributed by atoms with E-state index >= 15 is 0 Å². The maximum Gasteiger partial charge on any atom is 0.319 e. The highest BCUT2D eigenvalue weighted by atomic mass is 35.5. The number of halogens is 2. The van der Waals surface area contributed by atoms with Crippen molar-refractivity contribution < 1.29 is 13.9 Å². The van der Waals surface area contributed by atoms with Crippen LogP contribution in [0.3, 0.4) is 0 Å². The van der Waals surface area contributed by atoms with Crippen LogP contribution in [0.5, 0.6) is 6.01 Å². The second-order valence-corrected chi connectivity index (χ2v) is 11.8. The molecule has 2 aromatic carbocycles. The number of carbonyl (C=O) groups excluding carboxylic acids is 1. The summed E-state index contributed by atoms with van der Waals surface area (Å²) in [5.74, 6) is -1.29. The number of amides is 1. The van der Waals surface area contributed by atoms with Gasteiger partial charge in [-0.1, -0.05) is 48.5 Å². The van der Waals surface area contributed by atoms with Crippen molar-refractivity contribution in [2.75, 3.05) is 44.7 Å². The number of pyridine rings is 1. The second-order valence-electron chi connectivity index (χ2n) is 11.4. The molecule has 6 rings (SSSR count). The number of aryl methyl sites for hydroxylation is 1. The van der Waals surface area contributed by atoms with Gasteiger partial charge in [-0.05, 0) is 56.4 Å². The van der Waals surface area contributed by atoms with Crippen LogP contribution in [0.1, 0.15) is 25.0 Å². The van der Waals surface area contributed by atoms with Crippen LogP contribution < -0.4 is 9.64 Å². The number of nitrogens with zero attached hydrogens (tertiary/aromatic N) is 7. The van der Waals surface area contributed by atoms with Gasteiger partial charge in [0.15, 0.2) is 11.6 Å². The van der Waals surface area contributed by atoms with Crippen LogP contribution in [0.2, 0.25) is 5.02 Å². The third-order valence-electron chi connectivity index (χ3n) is 8.64. The average Bonchev–Trinajstić information content (AvgIpc) is 3.43. The highest BCUT2D eigenvalue weighted by Gasteiger charge is 2.34. The molecule has 4 heterocycles. The van der Waals surface area contributed by atoms with Gasteiger partial charge in [0.2, 0.25) is 0 Å². The van der Waals surface area contributed by atoms with E-state index in [-0.39, 0.29) is 31.6 Å². The first-order valence-electron chi connectivity index (χ1n) is 14.7. The molecule has 0 saturated carbocycles. The fourth-order valence-corrected chi connectivity index (χ4v) is 6.59. The first kappa shape index (κ1) is 29.7. The molecule has 2 fully saturated rings. The van der Waals surface area contributed by atoms with Crippen LogP contribution in [-0.4, -0.2) is 82.6 Å². The SMILES string of the molecule is C=C(F)C(=O)N1CCN(c2nc(OCC3CCCN3C)nc3cc(-c4cccc5cccc(Cl)c45)c(C)nc23)C[C@@H]1CC#N. The van der Waals surface area contributed by atoms with Gasteiger partial charge in [0.25, 0.3) is 5.91 Å².